The molecule has 0 saturated heterocycles. The SMILES string of the molecule is OCc1cnc(F)c(C(F)F)c1C(F)(F)F. The molecule has 0 saturated carbocycles. The van der Waals surface area contributed by atoms with E-state index in [0.717, 1.165) is 0 Å². The molecule has 0 spiro atoms. The molecule has 8 heteroatoms. The number of hydrogen-bond acceptors (Lipinski definition) is 2. The Morgan fingerprint density at radius 1 is 1.31 bits per heavy atom. The van der Waals surface area contributed by atoms with Crippen LogP contribution in [0.25, 0.3) is 0 Å². The highest BCUT2D eigenvalue weighted by Crippen LogP contribution is 2.39. The van der Waals surface area contributed by atoms with Crippen molar-refractivity contribution in [1.29, 1.82) is 0 Å². The second-order valence-corrected chi connectivity index (χ2v) is 2.82. The Morgan fingerprint density at radius 3 is 2.25 bits per heavy atom. The Kier molecular flexibility index (Phi) is 3.41. The van der Waals surface area contributed by atoms with Gasteiger partial charge in [-0.1, -0.05) is 0 Å². The predicted molar refractivity (Wildman–Crippen MR) is 40.1 cm³/mol. The molecule has 0 bridgehead atoms. The molecule has 0 aliphatic heterocycles. The molecule has 16 heavy (non-hydrogen) atoms. The molecule has 0 amide bonds. The molecule has 0 aliphatic carbocycles. The first kappa shape index (κ1) is 12.8. The topological polar surface area (TPSA) is 33.1 Å². The molecule has 0 unspecified atom stereocenters. The molecule has 0 aliphatic rings. The minimum atomic E-state index is -5.17. The van der Waals surface area contributed by atoms with E-state index in [1.165, 1.54) is 0 Å². The number of alkyl halides is 5. The van der Waals surface area contributed by atoms with Gasteiger partial charge in [0.05, 0.1) is 17.7 Å². The maximum atomic E-state index is 12.8. The molecular formula is C8H5F6NO. The van der Waals surface area contributed by atoms with Crippen molar-refractivity contribution in [3.63, 3.8) is 0 Å². The van der Waals surface area contributed by atoms with Crippen molar-refractivity contribution < 1.29 is 31.4 Å². The maximum absolute atomic E-state index is 12.8. The molecule has 90 valence electrons. The van der Waals surface area contributed by atoms with Gasteiger partial charge in [0.25, 0.3) is 6.43 Å². The van der Waals surface area contributed by atoms with Crippen LogP contribution >= 0.6 is 0 Å². The standard InChI is InChI=1S/C8H5F6NO/c9-6(10)4-5(8(12,13)14)3(2-16)1-15-7(4)11/h1,6,16H,2H2. The Balaban J connectivity index is 3.56. The fourth-order valence-electron chi connectivity index (χ4n) is 1.20. The van der Waals surface area contributed by atoms with Crippen LogP contribution in [-0.4, -0.2) is 10.1 Å². The monoisotopic (exact) mass is 245 g/mol. The van der Waals surface area contributed by atoms with Crippen molar-refractivity contribution in [2.45, 2.75) is 19.2 Å². The number of halogens is 6. The second-order valence-electron chi connectivity index (χ2n) is 2.82. The Hall–Kier alpha value is -1.31. The largest absolute Gasteiger partial charge is 0.417 e. The minimum Gasteiger partial charge on any atom is -0.392 e. The number of aliphatic hydroxyl groups excluding tert-OH is 1. The Morgan fingerprint density at radius 2 is 1.88 bits per heavy atom. The van der Waals surface area contributed by atoms with E-state index in [2.05, 4.69) is 4.98 Å². The number of aliphatic hydroxyl groups is 1. The zero-order valence-corrected chi connectivity index (χ0v) is 7.52. The minimum absolute atomic E-state index is 0.379. The molecule has 0 aromatic carbocycles. The second kappa shape index (κ2) is 4.28. The van der Waals surface area contributed by atoms with Gasteiger partial charge in [0.1, 0.15) is 0 Å². The van der Waals surface area contributed by atoms with Crippen molar-refractivity contribution in [1.82, 2.24) is 4.98 Å². The lowest BCUT2D eigenvalue weighted by atomic mass is 10.0. The first-order valence-corrected chi connectivity index (χ1v) is 3.92. The summed E-state index contributed by atoms with van der Waals surface area (Å²) in [5.74, 6) is -1.89. The Bertz CT molecular complexity index is 389. The summed E-state index contributed by atoms with van der Waals surface area (Å²) in [5.41, 5.74) is -4.58. The van der Waals surface area contributed by atoms with Gasteiger partial charge in [0, 0.05) is 11.8 Å². The molecule has 1 N–H and O–H groups in total. The average molecular weight is 245 g/mol. The molecule has 1 aromatic rings. The van der Waals surface area contributed by atoms with Crippen LogP contribution in [0.1, 0.15) is 23.1 Å². The van der Waals surface area contributed by atoms with Crippen LogP contribution in [-0.2, 0) is 12.8 Å². The molecular weight excluding hydrogens is 240 g/mol. The lowest BCUT2D eigenvalue weighted by molar-refractivity contribution is -0.141. The van der Waals surface area contributed by atoms with Crippen molar-refractivity contribution >= 4 is 0 Å². The van der Waals surface area contributed by atoms with Crippen molar-refractivity contribution in [3.8, 4) is 0 Å². The van der Waals surface area contributed by atoms with Gasteiger partial charge in [-0.15, -0.1) is 0 Å². The molecule has 0 atom stereocenters. The molecule has 1 heterocycles. The van der Waals surface area contributed by atoms with Gasteiger partial charge >= 0.3 is 6.18 Å². The van der Waals surface area contributed by atoms with Gasteiger partial charge in [-0.3, -0.25) is 0 Å². The molecule has 1 aromatic heterocycles. The lowest BCUT2D eigenvalue weighted by Crippen LogP contribution is -2.16. The van der Waals surface area contributed by atoms with Crippen LogP contribution in [0.2, 0.25) is 0 Å². The third-order valence-electron chi connectivity index (χ3n) is 1.82. The van der Waals surface area contributed by atoms with E-state index < -0.39 is 41.8 Å². The number of hydrogen-bond donors (Lipinski definition) is 1. The molecule has 1 rings (SSSR count). The van der Waals surface area contributed by atoms with E-state index in [1.807, 2.05) is 0 Å². The third-order valence-corrected chi connectivity index (χ3v) is 1.82. The fraction of sp³-hybridized carbons (Fsp3) is 0.375. The van der Waals surface area contributed by atoms with Crippen LogP contribution in [0.3, 0.4) is 0 Å². The summed E-state index contributed by atoms with van der Waals surface area (Å²) in [7, 11) is 0. The highest BCUT2D eigenvalue weighted by atomic mass is 19.4. The summed E-state index contributed by atoms with van der Waals surface area (Å²) in [4.78, 5) is 2.74. The molecule has 0 fully saturated rings. The van der Waals surface area contributed by atoms with Gasteiger partial charge in [-0.25, -0.2) is 13.8 Å². The molecule has 2 nitrogen and oxygen atoms in total. The van der Waals surface area contributed by atoms with E-state index in [1.54, 1.807) is 0 Å². The first-order chi connectivity index (χ1) is 7.29. The van der Waals surface area contributed by atoms with Crippen molar-refractivity contribution in [3.05, 3.63) is 28.8 Å². The van der Waals surface area contributed by atoms with Gasteiger partial charge < -0.3 is 5.11 Å². The highest BCUT2D eigenvalue weighted by Gasteiger charge is 2.40. The number of aromatic nitrogens is 1. The summed E-state index contributed by atoms with van der Waals surface area (Å²) < 4.78 is 74.5. The predicted octanol–water partition coefficient (Wildman–Crippen LogP) is 2.67. The smallest absolute Gasteiger partial charge is 0.392 e. The van der Waals surface area contributed by atoms with E-state index in [-0.39, 0.29) is 0 Å². The molecule has 0 radical (unpaired) electrons. The zero-order chi connectivity index (χ0) is 12.5. The van der Waals surface area contributed by atoms with Crippen LogP contribution in [0.4, 0.5) is 26.3 Å². The van der Waals surface area contributed by atoms with Gasteiger partial charge in [-0.2, -0.15) is 17.6 Å². The van der Waals surface area contributed by atoms with Crippen molar-refractivity contribution in [2.75, 3.05) is 0 Å². The summed E-state index contributed by atoms with van der Waals surface area (Å²) >= 11 is 0. The third kappa shape index (κ3) is 2.26. The van der Waals surface area contributed by atoms with Gasteiger partial charge in [0.15, 0.2) is 0 Å². The van der Waals surface area contributed by atoms with Crippen LogP contribution in [0.5, 0.6) is 0 Å². The fourth-order valence-corrected chi connectivity index (χ4v) is 1.20. The maximum Gasteiger partial charge on any atom is 0.417 e. The summed E-state index contributed by atoms with van der Waals surface area (Å²) in [5, 5.41) is 8.57. The average Bonchev–Trinajstić information content (AvgIpc) is 2.15. The van der Waals surface area contributed by atoms with E-state index in [0.29, 0.717) is 6.20 Å². The Labute approximate surface area is 85.5 Å². The van der Waals surface area contributed by atoms with Crippen LogP contribution in [0, 0.1) is 5.95 Å². The summed E-state index contributed by atoms with van der Waals surface area (Å²) in [6.07, 6.45) is -8.45. The summed E-state index contributed by atoms with van der Waals surface area (Å²) in [6, 6.07) is 0. The van der Waals surface area contributed by atoms with E-state index >= 15 is 0 Å². The quantitative estimate of drug-likeness (QED) is 0.641. The van der Waals surface area contributed by atoms with Crippen LogP contribution < -0.4 is 0 Å². The zero-order valence-electron chi connectivity index (χ0n) is 7.52. The summed E-state index contributed by atoms with van der Waals surface area (Å²) in [6.45, 7) is -1.15. The lowest BCUT2D eigenvalue weighted by Gasteiger charge is -2.15. The highest BCUT2D eigenvalue weighted by molar-refractivity contribution is 5.35. The normalized spacial score (nSPS) is 12.2. The van der Waals surface area contributed by atoms with E-state index in [9.17, 15) is 26.3 Å². The number of pyridine rings is 1. The number of nitrogens with zero attached hydrogens (tertiary/aromatic N) is 1. The van der Waals surface area contributed by atoms with Crippen molar-refractivity contribution in [2.24, 2.45) is 0 Å². The first-order valence-electron chi connectivity index (χ1n) is 3.92. The van der Waals surface area contributed by atoms with Gasteiger partial charge in [-0.05, 0) is 0 Å². The van der Waals surface area contributed by atoms with E-state index in [4.69, 9.17) is 5.11 Å². The van der Waals surface area contributed by atoms with Gasteiger partial charge in [0.2, 0.25) is 5.95 Å². The number of rotatable bonds is 2. The van der Waals surface area contributed by atoms with Crippen LogP contribution in [0.15, 0.2) is 6.20 Å².